The van der Waals surface area contributed by atoms with Gasteiger partial charge in [-0.15, -0.1) is 11.8 Å². The Morgan fingerprint density at radius 3 is 2.39 bits per heavy atom. The van der Waals surface area contributed by atoms with Gasteiger partial charge in [0.05, 0.1) is 11.4 Å². The second kappa shape index (κ2) is 7.44. The monoisotopic (exact) mass is 326 g/mol. The molecule has 4 nitrogen and oxygen atoms in total. The lowest BCUT2D eigenvalue weighted by Crippen LogP contribution is -2.02. The van der Waals surface area contributed by atoms with Gasteiger partial charge in [-0.1, -0.05) is 65.8 Å². The Morgan fingerprint density at radius 1 is 1.04 bits per heavy atom. The van der Waals surface area contributed by atoms with Crippen LogP contribution in [-0.2, 0) is 0 Å². The Labute approximate surface area is 139 Å². The highest BCUT2D eigenvalue weighted by atomic mass is 32.2. The molecule has 0 saturated carbocycles. The predicted molar refractivity (Wildman–Crippen MR) is 92.0 cm³/mol. The fourth-order valence-electron chi connectivity index (χ4n) is 2.18. The van der Waals surface area contributed by atoms with Crippen LogP contribution in [-0.4, -0.2) is 21.0 Å². The standard InChI is InChI=1S/C18H18N2O2S/c1-13(23-12-16(21)14-8-4-2-5-9-14)18-19-17(20-22-18)15-10-6-3-7-11-15/h2-11,13,16,21H,12H2,1H3. The van der Waals surface area contributed by atoms with E-state index >= 15 is 0 Å². The molecule has 0 spiro atoms. The predicted octanol–water partition coefficient (Wildman–Crippen LogP) is 4.26. The van der Waals surface area contributed by atoms with E-state index in [2.05, 4.69) is 10.1 Å². The molecule has 1 N–H and O–H groups in total. The van der Waals surface area contributed by atoms with Crippen LogP contribution in [0.5, 0.6) is 0 Å². The Bertz CT molecular complexity index is 731. The number of thioether (sulfide) groups is 1. The van der Waals surface area contributed by atoms with Crippen LogP contribution >= 0.6 is 11.8 Å². The van der Waals surface area contributed by atoms with Crippen molar-refractivity contribution in [2.24, 2.45) is 0 Å². The summed E-state index contributed by atoms with van der Waals surface area (Å²) in [6.07, 6.45) is -0.500. The molecule has 1 heterocycles. The van der Waals surface area contributed by atoms with Crippen LogP contribution < -0.4 is 0 Å². The lowest BCUT2D eigenvalue weighted by molar-refractivity contribution is 0.204. The summed E-state index contributed by atoms with van der Waals surface area (Å²) in [5.74, 6) is 1.75. The average Bonchev–Trinajstić information content (AvgIpc) is 3.11. The molecule has 2 aromatic carbocycles. The summed E-state index contributed by atoms with van der Waals surface area (Å²) in [6.45, 7) is 2.00. The minimum Gasteiger partial charge on any atom is -0.388 e. The van der Waals surface area contributed by atoms with Crippen LogP contribution in [0, 0.1) is 0 Å². The van der Waals surface area contributed by atoms with Crippen LogP contribution in [0.1, 0.15) is 29.7 Å². The molecule has 0 radical (unpaired) electrons. The first-order chi connectivity index (χ1) is 11.2. The molecule has 1 aromatic heterocycles. The number of benzene rings is 2. The highest BCUT2D eigenvalue weighted by molar-refractivity contribution is 7.99. The van der Waals surface area contributed by atoms with E-state index < -0.39 is 6.10 Å². The smallest absolute Gasteiger partial charge is 0.239 e. The van der Waals surface area contributed by atoms with Crippen molar-refractivity contribution in [2.45, 2.75) is 18.3 Å². The van der Waals surface area contributed by atoms with E-state index in [-0.39, 0.29) is 5.25 Å². The first-order valence-electron chi connectivity index (χ1n) is 7.47. The second-order valence-corrected chi connectivity index (χ2v) is 6.60. The average molecular weight is 326 g/mol. The molecule has 2 unspecified atom stereocenters. The zero-order valence-electron chi connectivity index (χ0n) is 12.8. The van der Waals surface area contributed by atoms with E-state index in [0.29, 0.717) is 17.5 Å². The van der Waals surface area contributed by atoms with Gasteiger partial charge in [-0.05, 0) is 12.5 Å². The van der Waals surface area contributed by atoms with Crippen LogP contribution in [0.15, 0.2) is 65.2 Å². The third kappa shape index (κ3) is 4.00. The summed E-state index contributed by atoms with van der Waals surface area (Å²) in [4.78, 5) is 4.45. The zero-order chi connectivity index (χ0) is 16.1. The molecular weight excluding hydrogens is 308 g/mol. The maximum Gasteiger partial charge on any atom is 0.239 e. The van der Waals surface area contributed by atoms with Crippen molar-refractivity contribution in [1.82, 2.24) is 10.1 Å². The quantitative estimate of drug-likeness (QED) is 0.733. The molecule has 0 aliphatic heterocycles. The number of nitrogens with zero attached hydrogens (tertiary/aromatic N) is 2. The van der Waals surface area contributed by atoms with Crippen LogP contribution in [0.2, 0.25) is 0 Å². The molecular formula is C18H18N2O2S. The van der Waals surface area contributed by atoms with E-state index in [9.17, 15) is 5.11 Å². The summed E-state index contributed by atoms with van der Waals surface area (Å²) in [7, 11) is 0. The topological polar surface area (TPSA) is 59.2 Å². The maximum absolute atomic E-state index is 10.2. The van der Waals surface area contributed by atoms with Gasteiger partial charge in [-0.3, -0.25) is 0 Å². The summed E-state index contributed by atoms with van der Waals surface area (Å²) >= 11 is 1.59. The Morgan fingerprint density at radius 2 is 1.70 bits per heavy atom. The number of aliphatic hydroxyl groups is 1. The van der Waals surface area contributed by atoms with Crippen molar-refractivity contribution in [1.29, 1.82) is 0 Å². The van der Waals surface area contributed by atoms with E-state index in [1.165, 1.54) is 0 Å². The first kappa shape index (κ1) is 15.8. The van der Waals surface area contributed by atoms with Gasteiger partial charge in [0.1, 0.15) is 0 Å². The van der Waals surface area contributed by atoms with Crippen molar-refractivity contribution in [3.8, 4) is 11.4 Å². The molecule has 3 rings (SSSR count). The van der Waals surface area contributed by atoms with Gasteiger partial charge in [0.2, 0.25) is 11.7 Å². The first-order valence-corrected chi connectivity index (χ1v) is 8.52. The number of aliphatic hydroxyl groups excluding tert-OH is 1. The second-order valence-electron chi connectivity index (χ2n) is 5.22. The minimum atomic E-state index is -0.500. The molecule has 2 atom stereocenters. The van der Waals surface area contributed by atoms with Crippen molar-refractivity contribution in [2.75, 3.05) is 5.75 Å². The third-order valence-electron chi connectivity index (χ3n) is 3.51. The summed E-state index contributed by atoms with van der Waals surface area (Å²) in [5, 5.41) is 14.3. The molecule has 0 amide bonds. The van der Waals surface area contributed by atoms with Gasteiger partial charge in [-0.2, -0.15) is 4.98 Å². The zero-order valence-corrected chi connectivity index (χ0v) is 13.6. The van der Waals surface area contributed by atoms with Crippen LogP contribution in [0.3, 0.4) is 0 Å². The minimum absolute atomic E-state index is 0.0262. The SMILES string of the molecule is CC(SCC(O)c1ccccc1)c1nc(-c2ccccc2)no1. The normalized spacial score (nSPS) is 13.7. The fraction of sp³-hybridized carbons (Fsp3) is 0.222. The summed E-state index contributed by atoms with van der Waals surface area (Å²) < 4.78 is 5.36. The van der Waals surface area contributed by atoms with Crippen molar-refractivity contribution >= 4 is 11.8 Å². The van der Waals surface area contributed by atoms with E-state index in [4.69, 9.17) is 4.52 Å². The van der Waals surface area contributed by atoms with Gasteiger partial charge in [-0.25, -0.2) is 0 Å². The van der Waals surface area contributed by atoms with E-state index in [1.807, 2.05) is 67.6 Å². The number of hydrogen-bond donors (Lipinski definition) is 1. The number of rotatable bonds is 6. The van der Waals surface area contributed by atoms with Gasteiger partial charge in [0.25, 0.3) is 0 Å². The van der Waals surface area contributed by atoms with E-state index in [1.54, 1.807) is 11.8 Å². The molecule has 0 fully saturated rings. The van der Waals surface area contributed by atoms with Crippen molar-refractivity contribution < 1.29 is 9.63 Å². The molecule has 5 heteroatoms. The third-order valence-corrected chi connectivity index (χ3v) is 4.72. The maximum atomic E-state index is 10.2. The lowest BCUT2D eigenvalue weighted by atomic mass is 10.1. The van der Waals surface area contributed by atoms with Crippen LogP contribution in [0.4, 0.5) is 0 Å². The number of aromatic nitrogens is 2. The highest BCUT2D eigenvalue weighted by Crippen LogP contribution is 2.31. The summed E-state index contributed by atoms with van der Waals surface area (Å²) in [5.41, 5.74) is 1.85. The summed E-state index contributed by atoms with van der Waals surface area (Å²) in [6, 6.07) is 19.4. The molecule has 23 heavy (non-hydrogen) atoms. The Kier molecular flexibility index (Phi) is 5.10. The molecule has 0 aliphatic rings. The Balaban J connectivity index is 1.61. The lowest BCUT2D eigenvalue weighted by Gasteiger charge is -2.12. The molecule has 118 valence electrons. The molecule has 0 bridgehead atoms. The van der Waals surface area contributed by atoms with Gasteiger partial charge < -0.3 is 9.63 Å². The molecule has 3 aromatic rings. The highest BCUT2D eigenvalue weighted by Gasteiger charge is 2.17. The van der Waals surface area contributed by atoms with Gasteiger partial charge in [0.15, 0.2) is 0 Å². The molecule has 0 aliphatic carbocycles. The largest absolute Gasteiger partial charge is 0.388 e. The molecule has 0 saturated heterocycles. The Hall–Kier alpha value is -2.11. The fourth-order valence-corrected chi connectivity index (χ4v) is 3.08. The van der Waals surface area contributed by atoms with Gasteiger partial charge in [0, 0.05) is 11.3 Å². The van der Waals surface area contributed by atoms with Crippen molar-refractivity contribution in [3.63, 3.8) is 0 Å². The van der Waals surface area contributed by atoms with Crippen molar-refractivity contribution in [3.05, 3.63) is 72.1 Å². The van der Waals surface area contributed by atoms with E-state index in [0.717, 1.165) is 11.1 Å². The van der Waals surface area contributed by atoms with Crippen LogP contribution in [0.25, 0.3) is 11.4 Å². The van der Waals surface area contributed by atoms with Gasteiger partial charge >= 0.3 is 0 Å². The number of hydrogen-bond acceptors (Lipinski definition) is 5.